The number of aromatic amines is 1. The van der Waals surface area contributed by atoms with E-state index < -0.39 is 0 Å². The molecule has 3 heterocycles. The second-order valence-electron chi connectivity index (χ2n) is 7.97. The van der Waals surface area contributed by atoms with Gasteiger partial charge in [0.25, 0.3) is 11.8 Å². The summed E-state index contributed by atoms with van der Waals surface area (Å²) in [7, 11) is 3.04. The number of rotatable bonds is 9. The summed E-state index contributed by atoms with van der Waals surface area (Å²) in [6.45, 7) is 1.72. The first kappa shape index (κ1) is 23.7. The second kappa shape index (κ2) is 11.1. The van der Waals surface area contributed by atoms with Gasteiger partial charge in [0.1, 0.15) is 5.56 Å². The maximum absolute atomic E-state index is 12.8. The number of methoxy groups -OCH3 is 1. The van der Waals surface area contributed by atoms with Crippen LogP contribution in [0.25, 0.3) is 22.0 Å². The number of ether oxygens (including phenoxy) is 3. The van der Waals surface area contributed by atoms with Crippen LogP contribution in [0.1, 0.15) is 46.5 Å². The lowest BCUT2D eigenvalue weighted by atomic mass is 10.0. The number of fused-ring (bicyclic) bond motifs is 1. The van der Waals surface area contributed by atoms with Gasteiger partial charge in [0.2, 0.25) is 5.88 Å². The second-order valence-corrected chi connectivity index (χ2v) is 7.97. The molecule has 10 heteroatoms. The molecule has 1 saturated heterocycles. The molecule has 2 amide bonds. The summed E-state index contributed by atoms with van der Waals surface area (Å²) in [5, 5.41) is 13.2. The maximum Gasteiger partial charge on any atom is 0.272 e. The molecule has 34 heavy (non-hydrogen) atoms. The Morgan fingerprint density at radius 2 is 2.09 bits per heavy atom. The molecule has 0 saturated carbocycles. The highest BCUT2D eigenvalue weighted by Crippen LogP contribution is 2.28. The average Bonchev–Trinajstić information content (AvgIpc) is 3.31. The molecule has 1 fully saturated rings. The van der Waals surface area contributed by atoms with Crippen molar-refractivity contribution in [2.24, 2.45) is 0 Å². The summed E-state index contributed by atoms with van der Waals surface area (Å²) in [5.41, 5.74) is 2.94. The van der Waals surface area contributed by atoms with Gasteiger partial charge in [0, 0.05) is 37.3 Å². The van der Waals surface area contributed by atoms with Crippen LogP contribution in [0, 0.1) is 0 Å². The largest absolute Gasteiger partial charge is 0.480 e. The number of H-pyrrole nitrogens is 1. The average molecular weight is 468 g/mol. The summed E-state index contributed by atoms with van der Waals surface area (Å²) >= 11 is 0. The Hall–Kier alpha value is -3.50. The maximum atomic E-state index is 12.8. The van der Waals surface area contributed by atoms with Crippen LogP contribution < -0.4 is 15.4 Å². The fourth-order valence-corrected chi connectivity index (χ4v) is 3.85. The molecule has 1 aliphatic rings. The number of nitrogens with zero attached hydrogens (tertiary/aromatic N) is 2. The van der Waals surface area contributed by atoms with Crippen molar-refractivity contribution in [3.8, 4) is 17.0 Å². The summed E-state index contributed by atoms with van der Waals surface area (Å²) in [4.78, 5) is 29.1. The molecule has 0 radical (unpaired) electrons. The Kier molecular flexibility index (Phi) is 7.71. The van der Waals surface area contributed by atoms with Crippen LogP contribution in [0.2, 0.25) is 0 Å². The quantitative estimate of drug-likeness (QED) is 0.413. The van der Waals surface area contributed by atoms with Gasteiger partial charge < -0.3 is 24.8 Å². The number of carbonyl (C=O) groups excluding carboxylic acids is 2. The summed E-state index contributed by atoms with van der Waals surface area (Å²) < 4.78 is 16.6. The van der Waals surface area contributed by atoms with E-state index in [0.717, 1.165) is 37.0 Å². The lowest BCUT2D eigenvalue weighted by Crippen LogP contribution is -2.27. The van der Waals surface area contributed by atoms with Gasteiger partial charge in [-0.2, -0.15) is 5.10 Å². The van der Waals surface area contributed by atoms with E-state index in [1.807, 2.05) is 18.2 Å². The molecule has 0 aliphatic carbocycles. The zero-order valence-electron chi connectivity index (χ0n) is 19.3. The monoisotopic (exact) mass is 467 g/mol. The van der Waals surface area contributed by atoms with Gasteiger partial charge in [-0.1, -0.05) is 6.07 Å². The molecule has 3 aromatic rings. The number of benzene rings is 1. The minimum Gasteiger partial charge on any atom is -0.480 e. The first-order valence-corrected chi connectivity index (χ1v) is 11.4. The van der Waals surface area contributed by atoms with Crippen LogP contribution in [0.3, 0.4) is 0 Å². The van der Waals surface area contributed by atoms with Gasteiger partial charge in [-0.3, -0.25) is 14.7 Å². The molecule has 10 nitrogen and oxygen atoms in total. The number of hydrogen-bond acceptors (Lipinski definition) is 7. The van der Waals surface area contributed by atoms with Crippen molar-refractivity contribution in [2.75, 3.05) is 33.9 Å². The molecular formula is C24H29N5O5. The highest BCUT2D eigenvalue weighted by molar-refractivity contribution is 6.05. The lowest BCUT2D eigenvalue weighted by Gasteiger charge is -2.22. The van der Waals surface area contributed by atoms with Gasteiger partial charge >= 0.3 is 0 Å². The van der Waals surface area contributed by atoms with Gasteiger partial charge in [-0.05, 0) is 49.4 Å². The highest BCUT2D eigenvalue weighted by Gasteiger charge is 2.18. The third kappa shape index (κ3) is 5.35. The zero-order valence-corrected chi connectivity index (χ0v) is 19.3. The fourth-order valence-electron chi connectivity index (χ4n) is 3.85. The standard InChI is InChI=1S/C24H29N5O5/c1-25-23(31)21-17-8-7-15(13-19(17)28-29-21)16-12-18(24(32-2)27-14-16)22(30)26-9-5-11-34-20-6-3-4-10-33-20/h7-8,12-14,20H,3-6,9-11H2,1-2H3,(H,25,31)(H,26,30)(H,28,29). The van der Waals surface area contributed by atoms with Crippen molar-refractivity contribution in [2.45, 2.75) is 32.0 Å². The van der Waals surface area contributed by atoms with Crippen molar-refractivity contribution >= 4 is 22.7 Å². The molecule has 1 aromatic carbocycles. The number of pyridine rings is 1. The first-order valence-electron chi connectivity index (χ1n) is 11.4. The Bertz CT molecular complexity index is 1160. The minimum absolute atomic E-state index is 0.134. The van der Waals surface area contributed by atoms with Gasteiger partial charge in [0.15, 0.2) is 12.0 Å². The zero-order chi connectivity index (χ0) is 23.9. The van der Waals surface area contributed by atoms with E-state index in [9.17, 15) is 9.59 Å². The fraction of sp³-hybridized carbons (Fsp3) is 0.417. The van der Waals surface area contributed by atoms with Crippen LogP contribution >= 0.6 is 0 Å². The van der Waals surface area contributed by atoms with Crippen molar-refractivity contribution in [3.63, 3.8) is 0 Å². The molecule has 0 bridgehead atoms. The topological polar surface area (TPSA) is 127 Å². The molecule has 1 atom stereocenters. The lowest BCUT2D eigenvalue weighted by molar-refractivity contribution is -0.162. The molecular weight excluding hydrogens is 438 g/mol. The molecule has 1 unspecified atom stereocenters. The highest BCUT2D eigenvalue weighted by atomic mass is 16.7. The Balaban J connectivity index is 1.42. The number of aromatic nitrogens is 3. The first-order chi connectivity index (χ1) is 16.6. The Morgan fingerprint density at radius 1 is 1.21 bits per heavy atom. The molecule has 4 rings (SSSR count). The van der Waals surface area contributed by atoms with Gasteiger partial charge in [-0.15, -0.1) is 0 Å². The number of carbonyl (C=O) groups is 2. The van der Waals surface area contributed by atoms with E-state index in [1.165, 1.54) is 7.11 Å². The van der Waals surface area contributed by atoms with Crippen molar-refractivity contribution < 1.29 is 23.8 Å². The SMILES string of the molecule is CNC(=O)c1n[nH]c2cc(-c3cnc(OC)c(C(=O)NCCCOC4CCCCO4)c3)ccc12. The van der Waals surface area contributed by atoms with Crippen LogP contribution in [0.15, 0.2) is 30.5 Å². The van der Waals surface area contributed by atoms with E-state index in [4.69, 9.17) is 14.2 Å². The molecule has 1 aliphatic heterocycles. The predicted molar refractivity (Wildman–Crippen MR) is 126 cm³/mol. The Morgan fingerprint density at radius 3 is 2.85 bits per heavy atom. The van der Waals surface area contributed by atoms with Crippen LogP contribution in [0.5, 0.6) is 5.88 Å². The van der Waals surface area contributed by atoms with E-state index in [0.29, 0.717) is 41.7 Å². The molecule has 2 aromatic heterocycles. The predicted octanol–water partition coefficient (Wildman–Crippen LogP) is 2.66. The van der Waals surface area contributed by atoms with Crippen molar-refractivity contribution in [1.82, 2.24) is 25.8 Å². The van der Waals surface area contributed by atoms with Crippen molar-refractivity contribution in [3.05, 3.63) is 41.7 Å². The number of amides is 2. The number of hydrogen-bond donors (Lipinski definition) is 3. The van der Waals surface area contributed by atoms with E-state index in [2.05, 4.69) is 25.8 Å². The minimum atomic E-state index is -0.273. The summed E-state index contributed by atoms with van der Waals surface area (Å²) in [5.74, 6) is -0.289. The molecule has 0 spiro atoms. The smallest absolute Gasteiger partial charge is 0.272 e. The summed E-state index contributed by atoms with van der Waals surface area (Å²) in [6, 6.07) is 7.29. The van der Waals surface area contributed by atoms with Gasteiger partial charge in [0.05, 0.1) is 19.2 Å². The molecule has 3 N–H and O–H groups in total. The van der Waals surface area contributed by atoms with Crippen LogP contribution in [-0.4, -0.2) is 67.2 Å². The number of nitrogens with one attached hydrogen (secondary N) is 3. The van der Waals surface area contributed by atoms with E-state index >= 15 is 0 Å². The van der Waals surface area contributed by atoms with Crippen molar-refractivity contribution in [1.29, 1.82) is 0 Å². The Labute approximate surface area is 197 Å². The summed E-state index contributed by atoms with van der Waals surface area (Å²) in [6.07, 6.45) is 5.30. The van der Waals surface area contributed by atoms with Crippen LogP contribution in [0.4, 0.5) is 0 Å². The van der Waals surface area contributed by atoms with E-state index in [1.54, 1.807) is 19.3 Å². The van der Waals surface area contributed by atoms with Gasteiger partial charge in [-0.25, -0.2) is 4.98 Å². The third-order valence-electron chi connectivity index (χ3n) is 5.68. The third-order valence-corrected chi connectivity index (χ3v) is 5.68. The van der Waals surface area contributed by atoms with Crippen LogP contribution in [-0.2, 0) is 9.47 Å². The van der Waals surface area contributed by atoms with E-state index in [-0.39, 0.29) is 24.0 Å². The normalized spacial score (nSPS) is 15.8. The molecule has 180 valence electrons.